The molecule has 1 aliphatic heterocycles. The van der Waals surface area contributed by atoms with Gasteiger partial charge in [-0.05, 0) is 47.4 Å². The molecule has 1 aliphatic rings. The summed E-state index contributed by atoms with van der Waals surface area (Å²) in [5.74, 6) is 0.0780. The number of fused-ring (bicyclic) bond motifs is 1. The zero-order valence-electron chi connectivity index (χ0n) is 11.2. The molecule has 0 aromatic heterocycles. The van der Waals surface area contributed by atoms with Crippen LogP contribution >= 0.6 is 31.9 Å². The molecule has 1 heterocycles. The minimum atomic E-state index is -0.209. The van der Waals surface area contributed by atoms with E-state index in [1.54, 1.807) is 0 Å². The normalized spacial score (nSPS) is 15.3. The zero-order valence-corrected chi connectivity index (χ0v) is 14.4. The van der Waals surface area contributed by atoms with Crippen LogP contribution in [-0.4, -0.2) is 5.91 Å². The number of hydrogen-bond donors (Lipinski definition) is 2. The van der Waals surface area contributed by atoms with E-state index in [4.69, 9.17) is 5.73 Å². The van der Waals surface area contributed by atoms with Gasteiger partial charge in [0.2, 0.25) is 5.91 Å². The van der Waals surface area contributed by atoms with Crippen molar-refractivity contribution in [2.24, 2.45) is 5.73 Å². The Hall–Kier alpha value is -1.17. The third-order valence-corrected chi connectivity index (χ3v) is 4.89. The fraction of sp³-hybridized carbons (Fsp3) is 0.188. The lowest BCUT2D eigenvalue weighted by Crippen LogP contribution is -2.20. The Labute approximate surface area is 140 Å². The number of nitrogens with two attached hydrogens (primary N) is 1. The van der Waals surface area contributed by atoms with Crippen molar-refractivity contribution in [3.8, 4) is 0 Å². The molecule has 1 atom stereocenters. The zero-order chi connectivity index (χ0) is 15.0. The van der Waals surface area contributed by atoms with E-state index in [0.29, 0.717) is 6.42 Å². The van der Waals surface area contributed by atoms with Gasteiger partial charge in [-0.15, -0.1) is 0 Å². The molecule has 0 saturated carbocycles. The van der Waals surface area contributed by atoms with E-state index in [-0.39, 0.29) is 11.9 Å². The van der Waals surface area contributed by atoms with Gasteiger partial charge in [0, 0.05) is 21.1 Å². The molecule has 0 saturated heterocycles. The molecule has 1 amide bonds. The number of hydrogen-bond acceptors (Lipinski definition) is 2. The summed E-state index contributed by atoms with van der Waals surface area (Å²) in [5, 5.41) is 2.89. The molecule has 0 radical (unpaired) electrons. The number of halogens is 2. The van der Waals surface area contributed by atoms with Crippen molar-refractivity contribution >= 4 is 43.5 Å². The average molecular weight is 410 g/mol. The lowest BCUT2D eigenvalue weighted by molar-refractivity contribution is -0.116. The second-order valence-corrected chi connectivity index (χ2v) is 6.88. The molecule has 5 heteroatoms. The summed E-state index contributed by atoms with van der Waals surface area (Å²) in [6.07, 6.45) is 1.30. The van der Waals surface area contributed by atoms with E-state index in [0.717, 1.165) is 37.7 Å². The van der Waals surface area contributed by atoms with Gasteiger partial charge in [0.15, 0.2) is 0 Å². The van der Waals surface area contributed by atoms with Crippen LogP contribution in [0.15, 0.2) is 45.3 Å². The number of benzene rings is 2. The van der Waals surface area contributed by atoms with Crippen molar-refractivity contribution in [3.63, 3.8) is 0 Å². The maximum absolute atomic E-state index is 11.4. The number of amides is 1. The highest BCUT2D eigenvalue weighted by molar-refractivity contribution is 9.11. The van der Waals surface area contributed by atoms with E-state index in [9.17, 15) is 4.79 Å². The molecule has 21 heavy (non-hydrogen) atoms. The molecule has 3 nitrogen and oxygen atoms in total. The molecule has 0 fully saturated rings. The molecule has 3 N–H and O–H groups in total. The molecule has 0 spiro atoms. The van der Waals surface area contributed by atoms with Gasteiger partial charge in [0.25, 0.3) is 0 Å². The predicted molar refractivity (Wildman–Crippen MR) is 91.3 cm³/mol. The number of aryl methyl sites for hydroxylation is 1. The molecule has 0 aliphatic carbocycles. The third kappa shape index (κ3) is 3.05. The highest BCUT2D eigenvalue weighted by Gasteiger charge is 2.18. The lowest BCUT2D eigenvalue weighted by atomic mass is 9.94. The van der Waals surface area contributed by atoms with Crippen LogP contribution in [0, 0.1) is 0 Å². The van der Waals surface area contributed by atoms with Crippen LogP contribution in [0.25, 0.3) is 0 Å². The molecule has 3 rings (SSSR count). The van der Waals surface area contributed by atoms with Crippen LogP contribution < -0.4 is 11.1 Å². The minimum Gasteiger partial charge on any atom is -0.326 e. The Morgan fingerprint density at radius 2 is 1.90 bits per heavy atom. The summed E-state index contributed by atoms with van der Waals surface area (Å²) in [7, 11) is 0. The topological polar surface area (TPSA) is 55.1 Å². The lowest BCUT2D eigenvalue weighted by Gasteiger charge is -2.20. The molecule has 108 valence electrons. The molecule has 2 aromatic carbocycles. The maximum Gasteiger partial charge on any atom is 0.224 e. The van der Waals surface area contributed by atoms with Crippen LogP contribution in [0.4, 0.5) is 5.69 Å². The number of anilines is 1. The Balaban J connectivity index is 1.97. The van der Waals surface area contributed by atoms with Crippen LogP contribution in [0.1, 0.15) is 29.2 Å². The van der Waals surface area contributed by atoms with Crippen molar-refractivity contribution in [2.75, 3.05) is 5.32 Å². The van der Waals surface area contributed by atoms with Gasteiger partial charge in [-0.25, -0.2) is 0 Å². The second kappa shape index (κ2) is 5.91. The fourth-order valence-electron chi connectivity index (χ4n) is 2.53. The van der Waals surface area contributed by atoms with Crippen LogP contribution in [0.2, 0.25) is 0 Å². The van der Waals surface area contributed by atoms with Gasteiger partial charge < -0.3 is 11.1 Å². The first-order chi connectivity index (χ1) is 10.0. The van der Waals surface area contributed by atoms with Crippen molar-refractivity contribution in [1.29, 1.82) is 0 Å². The van der Waals surface area contributed by atoms with E-state index in [1.165, 1.54) is 0 Å². The first-order valence-corrected chi connectivity index (χ1v) is 8.26. The molecular formula is C16H14Br2N2O. The standard InChI is InChI=1S/C16H14Br2N2O/c17-11-3-4-13(18)12(8-11)16(19)10-1-5-14-9(7-10)2-6-15(21)20-14/h1,3-5,7-8,16H,2,6,19H2,(H,20,21). The van der Waals surface area contributed by atoms with Gasteiger partial charge in [0.1, 0.15) is 0 Å². The Morgan fingerprint density at radius 3 is 2.71 bits per heavy atom. The Bertz CT molecular complexity index is 715. The largest absolute Gasteiger partial charge is 0.326 e. The number of nitrogens with one attached hydrogen (secondary N) is 1. The van der Waals surface area contributed by atoms with Crippen molar-refractivity contribution in [2.45, 2.75) is 18.9 Å². The minimum absolute atomic E-state index is 0.0780. The molecule has 0 bridgehead atoms. The number of rotatable bonds is 2. The molecule has 2 aromatic rings. The highest BCUT2D eigenvalue weighted by atomic mass is 79.9. The second-order valence-electron chi connectivity index (χ2n) is 5.11. The number of carbonyl (C=O) groups is 1. The van der Waals surface area contributed by atoms with E-state index in [2.05, 4.69) is 43.2 Å². The van der Waals surface area contributed by atoms with Crippen molar-refractivity contribution in [1.82, 2.24) is 0 Å². The fourth-order valence-corrected chi connectivity index (χ4v) is 3.40. The average Bonchev–Trinajstić information content (AvgIpc) is 2.48. The Morgan fingerprint density at radius 1 is 1.10 bits per heavy atom. The highest BCUT2D eigenvalue weighted by Crippen LogP contribution is 2.32. The third-order valence-electron chi connectivity index (χ3n) is 3.68. The van der Waals surface area contributed by atoms with Gasteiger partial charge in [-0.3, -0.25) is 4.79 Å². The quantitative estimate of drug-likeness (QED) is 0.782. The van der Waals surface area contributed by atoms with Crippen LogP contribution in [0.5, 0.6) is 0 Å². The van der Waals surface area contributed by atoms with Gasteiger partial charge in [-0.1, -0.05) is 44.0 Å². The first kappa shape index (κ1) is 14.8. The summed E-state index contributed by atoms with van der Waals surface area (Å²) >= 11 is 7.03. The van der Waals surface area contributed by atoms with Crippen LogP contribution in [-0.2, 0) is 11.2 Å². The summed E-state index contributed by atoms with van der Waals surface area (Å²) in [5.41, 5.74) is 10.5. The first-order valence-electron chi connectivity index (χ1n) is 6.68. The van der Waals surface area contributed by atoms with Crippen molar-refractivity contribution in [3.05, 3.63) is 62.0 Å². The van der Waals surface area contributed by atoms with Gasteiger partial charge in [0.05, 0.1) is 6.04 Å². The van der Waals surface area contributed by atoms with Crippen molar-refractivity contribution < 1.29 is 4.79 Å². The molecular weight excluding hydrogens is 396 g/mol. The summed E-state index contributed by atoms with van der Waals surface area (Å²) in [4.78, 5) is 11.4. The maximum atomic E-state index is 11.4. The van der Waals surface area contributed by atoms with Gasteiger partial charge >= 0.3 is 0 Å². The van der Waals surface area contributed by atoms with Gasteiger partial charge in [-0.2, -0.15) is 0 Å². The number of carbonyl (C=O) groups excluding carboxylic acids is 1. The summed E-state index contributed by atoms with van der Waals surface area (Å²) < 4.78 is 1.99. The molecule has 1 unspecified atom stereocenters. The van der Waals surface area contributed by atoms with E-state index >= 15 is 0 Å². The summed E-state index contributed by atoms with van der Waals surface area (Å²) in [6, 6.07) is 11.8. The smallest absolute Gasteiger partial charge is 0.224 e. The summed E-state index contributed by atoms with van der Waals surface area (Å²) in [6.45, 7) is 0. The predicted octanol–water partition coefficient (Wildman–Crippen LogP) is 4.14. The Kier molecular flexibility index (Phi) is 4.15. The monoisotopic (exact) mass is 408 g/mol. The van der Waals surface area contributed by atoms with E-state index in [1.807, 2.05) is 30.3 Å². The SMILES string of the molecule is NC(c1ccc2c(c1)CCC(=O)N2)c1cc(Br)ccc1Br. The van der Waals surface area contributed by atoms with E-state index < -0.39 is 0 Å². The van der Waals surface area contributed by atoms with Crippen LogP contribution in [0.3, 0.4) is 0 Å².